The lowest BCUT2D eigenvalue weighted by atomic mass is 10.1. The first-order valence-corrected chi connectivity index (χ1v) is 3.52. The Balaban J connectivity index is 3.07. The molecule has 0 aliphatic heterocycles. The zero-order chi connectivity index (χ0) is 7.56. The van der Waals surface area contributed by atoms with Crippen molar-refractivity contribution in [3.8, 4) is 5.75 Å². The van der Waals surface area contributed by atoms with Crippen LogP contribution < -0.4 is 0 Å². The molecule has 1 aromatic carbocycles. The quantitative estimate of drug-likeness (QED) is 0.627. The summed E-state index contributed by atoms with van der Waals surface area (Å²) in [7, 11) is 0. The molecule has 0 unspecified atom stereocenters. The summed E-state index contributed by atoms with van der Waals surface area (Å²) in [5.41, 5.74) is 2.47. The Morgan fingerprint density at radius 1 is 1.40 bits per heavy atom. The average Bonchev–Trinajstić information content (AvgIpc) is 1.88. The predicted molar refractivity (Wildman–Crippen MR) is 42.2 cm³/mol. The molecule has 0 atom stereocenters. The summed E-state index contributed by atoms with van der Waals surface area (Å²) in [6.07, 6.45) is 1.03. The molecule has 1 rings (SSSR count). The van der Waals surface area contributed by atoms with Crippen LogP contribution >= 0.6 is 0 Å². The van der Waals surface area contributed by atoms with E-state index < -0.39 is 0 Å². The maximum absolute atomic E-state index is 9.03. The fraction of sp³-hybridized carbons (Fsp3) is 0.333. The molecule has 0 aliphatic rings. The molecule has 0 fully saturated rings. The van der Waals surface area contributed by atoms with Crippen molar-refractivity contribution >= 4 is 0 Å². The highest BCUT2D eigenvalue weighted by molar-refractivity contribution is 5.33. The molecule has 54 valence electrons. The number of aryl methyl sites for hydroxylation is 2. The van der Waals surface area contributed by atoms with E-state index in [2.05, 4.69) is 6.92 Å². The monoisotopic (exact) mass is 136 g/mol. The SMILES string of the molecule is CCc1ccc(O)cc1C. The highest BCUT2D eigenvalue weighted by atomic mass is 16.3. The lowest BCUT2D eigenvalue weighted by Gasteiger charge is -2.01. The Bertz CT molecular complexity index is 228. The number of phenols is 1. The van der Waals surface area contributed by atoms with Crippen molar-refractivity contribution in [3.63, 3.8) is 0 Å². The summed E-state index contributed by atoms with van der Waals surface area (Å²) in [5.74, 6) is 0.356. The number of aromatic hydroxyl groups is 1. The van der Waals surface area contributed by atoms with Crippen molar-refractivity contribution in [1.82, 2.24) is 0 Å². The van der Waals surface area contributed by atoms with Gasteiger partial charge in [-0.2, -0.15) is 0 Å². The molecule has 0 heterocycles. The first-order chi connectivity index (χ1) is 4.74. The van der Waals surface area contributed by atoms with Crippen LogP contribution in [0.3, 0.4) is 0 Å². The number of rotatable bonds is 1. The number of phenolic OH excluding ortho intramolecular Hbond substituents is 1. The zero-order valence-electron chi connectivity index (χ0n) is 6.39. The van der Waals surface area contributed by atoms with Crippen molar-refractivity contribution in [1.29, 1.82) is 0 Å². The van der Waals surface area contributed by atoms with Crippen molar-refractivity contribution in [2.24, 2.45) is 0 Å². The Hall–Kier alpha value is -0.980. The first kappa shape index (κ1) is 7.13. The van der Waals surface area contributed by atoms with Gasteiger partial charge in [-0.05, 0) is 36.6 Å². The molecule has 1 heteroatoms. The van der Waals surface area contributed by atoms with Crippen LogP contribution in [-0.4, -0.2) is 5.11 Å². The van der Waals surface area contributed by atoms with Crippen LogP contribution in [0.2, 0.25) is 0 Å². The second kappa shape index (κ2) is 2.74. The Morgan fingerprint density at radius 3 is 2.60 bits per heavy atom. The van der Waals surface area contributed by atoms with Gasteiger partial charge in [0.05, 0.1) is 0 Å². The molecular formula is C9H12O. The molecule has 0 amide bonds. The molecule has 0 radical (unpaired) electrons. The van der Waals surface area contributed by atoms with Crippen LogP contribution in [0.1, 0.15) is 18.1 Å². The molecule has 0 saturated heterocycles. The summed E-state index contributed by atoms with van der Waals surface area (Å²) in [6.45, 7) is 4.12. The summed E-state index contributed by atoms with van der Waals surface area (Å²) in [6, 6.07) is 5.48. The second-order valence-corrected chi connectivity index (χ2v) is 2.46. The minimum absolute atomic E-state index is 0.356. The first-order valence-electron chi connectivity index (χ1n) is 3.52. The average molecular weight is 136 g/mol. The highest BCUT2D eigenvalue weighted by Gasteiger charge is 1.94. The Kier molecular flexibility index (Phi) is 1.95. The molecule has 0 bridgehead atoms. The number of hydrogen-bond acceptors (Lipinski definition) is 1. The molecule has 10 heavy (non-hydrogen) atoms. The number of hydrogen-bond donors (Lipinski definition) is 1. The molecule has 0 aromatic heterocycles. The van der Waals surface area contributed by atoms with Gasteiger partial charge in [-0.1, -0.05) is 13.0 Å². The van der Waals surface area contributed by atoms with Gasteiger partial charge in [-0.3, -0.25) is 0 Å². The van der Waals surface area contributed by atoms with Gasteiger partial charge in [-0.15, -0.1) is 0 Å². The van der Waals surface area contributed by atoms with Crippen LogP contribution in [0.25, 0.3) is 0 Å². The van der Waals surface area contributed by atoms with Crippen LogP contribution in [0.5, 0.6) is 5.75 Å². The molecular weight excluding hydrogens is 124 g/mol. The Morgan fingerprint density at radius 2 is 2.10 bits per heavy atom. The van der Waals surface area contributed by atoms with Gasteiger partial charge >= 0.3 is 0 Å². The summed E-state index contributed by atoms with van der Waals surface area (Å²) in [4.78, 5) is 0. The van der Waals surface area contributed by atoms with Gasteiger partial charge in [0.1, 0.15) is 5.75 Å². The van der Waals surface area contributed by atoms with E-state index in [1.165, 1.54) is 11.1 Å². The van der Waals surface area contributed by atoms with Crippen molar-refractivity contribution in [3.05, 3.63) is 29.3 Å². The van der Waals surface area contributed by atoms with E-state index in [1.54, 1.807) is 12.1 Å². The fourth-order valence-corrected chi connectivity index (χ4v) is 1.08. The smallest absolute Gasteiger partial charge is 0.115 e. The van der Waals surface area contributed by atoms with Gasteiger partial charge < -0.3 is 5.11 Å². The van der Waals surface area contributed by atoms with Gasteiger partial charge in [0.15, 0.2) is 0 Å². The predicted octanol–water partition coefficient (Wildman–Crippen LogP) is 2.26. The van der Waals surface area contributed by atoms with E-state index in [9.17, 15) is 0 Å². The summed E-state index contributed by atoms with van der Waals surface area (Å²) < 4.78 is 0. The molecule has 0 spiro atoms. The second-order valence-electron chi connectivity index (χ2n) is 2.46. The number of benzene rings is 1. The van der Waals surface area contributed by atoms with Crippen molar-refractivity contribution in [2.75, 3.05) is 0 Å². The molecule has 0 saturated carbocycles. The van der Waals surface area contributed by atoms with E-state index in [1.807, 2.05) is 13.0 Å². The third-order valence-electron chi connectivity index (χ3n) is 1.71. The third kappa shape index (κ3) is 1.29. The van der Waals surface area contributed by atoms with Gasteiger partial charge in [0.25, 0.3) is 0 Å². The lowest BCUT2D eigenvalue weighted by molar-refractivity contribution is 0.474. The van der Waals surface area contributed by atoms with E-state index >= 15 is 0 Å². The maximum Gasteiger partial charge on any atom is 0.115 e. The zero-order valence-corrected chi connectivity index (χ0v) is 6.39. The lowest BCUT2D eigenvalue weighted by Crippen LogP contribution is -1.83. The van der Waals surface area contributed by atoms with Crippen LogP contribution in [0.4, 0.5) is 0 Å². The molecule has 1 nitrogen and oxygen atoms in total. The largest absolute Gasteiger partial charge is 0.508 e. The summed E-state index contributed by atoms with van der Waals surface area (Å²) >= 11 is 0. The van der Waals surface area contributed by atoms with Gasteiger partial charge in [-0.25, -0.2) is 0 Å². The summed E-state index contributed by atoms with van der Waals surface area (Å²) in [5, 5.41) is 9.03. The molecule has 1 aromatic rings. The fourth-order valence-electron chi connectivity index (χ4n) is 1.08. The maximum atomic E-state index is 9.03. The minimum atomic E-state index is 0.356. The topological polar surface area (TPSA) is 20.2 Å². The van der Waals surface area contributed by atoms with E-state index in [-0.39, 0.29) is 0 Å². The van der Waals surface area contributed by atoms with E-state index in [0.717, 1.165) is 6.42 Å². The standard InChI is InChI=1S/C9H12O/c1-3-8-4-5-9(10)6-7(8)2/h4-6,10H,3H2,1-2H3. The third-order valence-corrected chi connectivity index (χ3v) is 1.71. The van der Waals surface area contributed by atoms with E-state index in [4.69, 9.17) is 5.11 Å². The van der Waals surface area contributed by atoms with E-state index in [0.29, 0.717) is 5.75 Å². The van der Waals surface area contributed by atoms with Crippen LogP contribution in [0, 0.1) is 6.92 Å². The normalized spacial score (nSPS) is 9.80. The van der Waals surface area contributed by atoms with Crippen molar-refractivity contribution < 1.29 is 5.11 Å². The van der Waals surface area contributed by atoms with Gasteiger partial charge in [0, 0.05) is 0 Å². The molecule has 1 N–H and O–H groups in total. The molecule has 0 aliphatic carbocycles. The van der Waals surface area contributed by atoms with Crippen LogP contribution in [-0.2, 0) is 6.42 Å². The highest BCUT2D eigenvalue weighted by Crippen LogP contribution is 2.15. The minimum Gasteiger partial charge on any atom is -0.508 e. The Labute approximate surface area is 61.3 Å². The van der Waals surface area contributed by atoms with Crippen LogP contribution in [0.15, 0.2) is 18.2 Å². The van der Waals surface area contributed by atoms with Gasteiger partial charge in [0.2, 0.25) is 0 Å². The van der Waals surface area contributed by atoms with Crippen molar-refractivity contribution in [2.45, 2.75) is 20.3 Å².